The molecule has 0 radical (unpaired) electrons. The molecule has 1 aliphatic rings. The van der Waals surface area contributed by atoms with Crippen molar-refractivity contribution < 1.29 is 14.3 Å². The molecule has 1 aromatic heterocycles. The number of carbonyl (C=O) groups is 2. The van der Waals surface area contributed by atoms with Crippen LogP contribution in [-0.2, 0) is 4.79 Å². The van der Waals surface area contributed by atoms with Crippen molar-refractivity contribution in [3.05, 3.63) is 53.1 Å². The van der Waals surface area contributed by atoms with Gasteiger partial charge in [0, 0.05) is 36.8 Å². The Kier molecular flexibility index (Phi) is 6.70. The van der Waals surface area contributed by atoms with E-state index in [1.165, 1.54) is 11.3 Å². The normalized spacial score (nSPS) is 14.6. The molecule has 0 saturated carbocycles. The van der Waals surface area contributed by atoms with Gasteiger partial charge in [0.05, 0.1) is 23.2 Å². The van der Waals surface area contributed by atoms with E-state index in [-0.39, 0.29) is 24.8 Å². The fraction of sp³-hybridized carbons (Fsp3) is 0.318. The van der Waals surface area contributed by atoms with Gasteiger partial charge < -0.3 is 19.9 Å². The molecule has 0 unspecified atom stereocenters. The summed E-state index contributed by atoms with van der Waals surface area (Å²) in [5.41, 5.74) is 1.41. The highest BCUT2D eigenvalue weighted by Crippen LogP contribution is 2.27. The van der Waals surface area contributed by atoms with Crippen LogP contribution < -0.4 is 10.1 Å². The highest BCUT2D eigenvalue weighted by Gasteiger charge is 2.21. The first kappa shape index (κ1) is 21.5. The number of piperazine rings is 1. The Hall–Kier alpha value is -2.68. The van der Waals surface area contributed by atoms with Crippen LogP contribution in [0.2, 0.25) is 5.02 Å². The fourth-order valence-electron chi connectivity index (χ4n) is 3.28. The number of benzene rings is 2. The van der Waals surface area contributed by atoms with Crippen molar-refractivity contribution in [2.24, 2.45) is 0 Å². The molecule has 1 saturated heterocycles. The fourth-order valence-corrected chi connectivity index (χ4v) is 4.32. The number of hydrogen-bond donors (Lipinski definition) is 1. The molecule has 3 aromatic rings. The van der Waals surface area contributed by atoms with Crippen LogP contribution in [0.4, 0.5) is 5.13 Å². The zero-order valence-corrected chi connectivity index (χ0v) is 18.7. The molecular weight excluding hydrogens is 436 g/mol. The number of fused-ring (bicyclic) bond motifs is 1. The Morgan fingerprint density at radius 2 is 1.87 bits per heavy atom. The number of anilines is 1. The van der Waals surface area contributed by atoms with E-state index in [1.54, 1.807) is 30.3 Å². The van der Waals surface area contributed by atoms with Gasteiger partial charge in [-0.05, 0) is 49.5 Å². The maximum absolute atomic E-state index is 12.8. The Balaban J connectivity index is 1.33. The summed E-state index contributed by atoms with van der Waals surface area (Å²) in [7, 11) is 2.06. The number of ether oxygens (including phenoxy) is 1. The van der Waals surface area contributed by atoms with Gasteiger partial charge in [-0.15, -0.1) is 0 Å². The van der Waals surface area contributed by atoms with Crippen molar-refractivity contribution >= 4 is 50.1 Å². The minimum atomic E-state index is -0.179. The molecule has 2 heterocycles. The third-order valence-corrected chi connectivity index (χ3v) is 6.27. The molecule has 0 atom stereocenters. The SMILES string of the molecule is CN1CCN(C(=O)c2ccc3nc(NC(=O)CCOc4ccc(Cl)cc4)sc3c2)CC1. The zero-order chi connectivity index (χ0) is 21.8. The highest BCUT2D eigenvalue weighted by atomic mass is 35.5. The van der Waals surface area contributed by atoms with E-state index >= 15 is 0 Å². The van der Waals surface area contributed by atoms with Crippen LogP contribution in [0.25, 0.3) is 10.2 Å². The smallest absolute Gasteiger partial charge is 0.253 e. The van der Waals surface area contributed by atoms with E-state index in [4.69, 9.17) is 16.3 Å². The van der Waals surface area contributed by atoms with Gasteiger partial charge in [-0.1, -0.05) is 22.9 Å². The van der Waals surface area contributed by atoms with E-state index in [0.29, 0.717) is 21.5 Å². The Labute approximate surface area is 189 Å². The lowest BCUT2D eigenvalue weighted by Crippen LogP contribution is -2.47. The topological polar surface area (TPSA) is 74.8 Å². The predicted octanol–water partition coefficient (Wildman–Crippen LogP) is 3.74. The Bertz CT molecular complexity index is 1080. The standard InChI is InChI=1S/C22H23ClN4O3S/c1-26-9-11-27(12-10-26)21(29)15-2-7-18-19(14-15)31-22(24-18)25-20(28)8-13-30-17-5-3-16(23)4-6-17/h2-7,14H,8-13H2,1H3,(H,24,25,28). The number of likely N-dealkylation sites (N-methyl/N-ethyl adjacent to an activating group) is 1. The van der Waals surface area contributed by atoms with Crippen molar-refractivity contribution in [1.29, 1.82) is 0 Å². The van der Waals surface area contributed by atoms with Crippen molar-refractivity contribution in [1.82, 2.24) is 14.8 Å². The number of aromatic nitrogens is 1. The van der Waals surface area contributed by atoms with Crippen molar-refractivity contribution in [2.75, 3.05) is 45.2 Å². The molecule has 0 aliphatic carbocycles. The van der Waals surface area contributed by atoms with Gasteiger partial charge in [0.15, 0.2) is 5.13 Å². The van der Waals surface area contributed by atoms with Crippen molar-refractivity contribution in [2.45, 2.75) is 6.42 Å². The molecular formula is C22H23ClN4O3S. The number of rotatable bonds is 6. The first-order chi connectivity index (χ1) is 15.0. The number of thiazole rings is 1. The van der Waals surface area contributed by atoms with Crippen LogP contribution >= 0.6 is 22.9 Å². The molecule has 1 fully saturated rings. The molecule has 4 rings (SSSR count). The second kappa shape index (κ2) is 9.64. The van der Waals surface area contributed by atoms with Crippen LogP contribution in [-0.4, -0.2) is 66.4 Å². The third kappa shape index (κ3) is 5.52. The molecule has 1 N–H and O–H groups in total. The second-order valence-corrected chi connectivity index (χ2v) is 8.86. The number of carbonyl (C=O) groups excluding carboxylic acids is 2. The van der Waals surface area contributed by atoms with E-state index in [2.05, 4.69) is 22.2 Å². The summed E-state index contributed by atoms with van der Waals surface area (Å²) in [6.07, 6.45) is 0.200. The quantitative estimate of drug-likeness (QED) is 0.609. The van der Waals surface area contributed by atoms with E-state index in [1.807, 2.05) is 17.0 Å². The summed E-state index contributed by atoms with van der Waals surface area (Å²) in [5.74, 6) is 0.518. The lowest BCUT2D eigenvalue weighted by Gasteiger charge is -2.32. The van der Waals surface area contributed by atoms with Crippen LogP contribution in [0.1, 0.15) is 16.8 Å². The molecule has 162 valence electrons. The number of hydrogen-bond acceptors (Lipinski definition) is 6. The predicted molar refractivity (Wildman–Crippen MR) is 123 cm³/mol. The van der Waals surface area contributed by atoms with Gasteiger partial charge in [0.25, 0.3) is 5.91 Å². The van der Waals surface area contributed by atoms with Crippen LogP contribution in [0.3, 0.4) is 0 Å². The molecule has 0 spiro atoms. The van der Waals surface area contributed by atoms with Gasteiger partial charge >= 0.3 is 0 Å². The van der Waals surface area contributed by atoms with E-state index in [9.17, 15) is 9.59 Å². The van der Waals surface area contributed by atoms with Crippen LogP contribution in [0.5, 0.6) is 5.75 Å². The monoisotopic (exact) mass is 458 g/mol. The maximum atomic E-state index is 12.8. The average Bonchev–Trinajstić information content (AvgIpc) is 3.16. The van der Waals surface area contributed by atoms with E-state index in [0.717, 1.165) is 36.4 Å². The molecule has 7 nitrogen and oxygen atoms in total. The summed E-state index contributed by atoms with van der Waals surface area (Å²) in [6, 6.07) is 12.5. The summed E-state index contributed by atoms with van der Waals surface area (Å²) in [6.45, 7) is 3.48. The Morgan fingerprint density at radius 3 is 2.61 bits per heavy atom. The molecule has 1 aliphatic heterocycles. The van der Waals surface area contributed by atoms with Crippen molar-refractivity contribution in [3.8, 4) is 5.75 Å². The minimum Gasteiger partial charge on any atom is -0.493 e. The lowest BCUT2D eigenvalue weighted by molar-refractivity contribution is -0.116. The van der Waals surface area contributed by atoms with E-state index < -0.39 is 0 Å². The van der Waals surface area contributed by atoms with Gasteiger partial charge in [-0.2, -0.15) is 0 Å². The molecule has 2 amide bonds. The Morgan fingerprint density at radius 1 is 1.13 bits per heavy atom. The number of nitrogens with one attached hydrogen (secondary N) is 1. The van der Waals surface area contributed by atoms with Crippen molar-refractivity contribution in [3.63, 3.8) is 0 Å². The lowest BCUT2D eigenvalue weighted by atomic mass is 10.1. The summed E-state index contributed by atoms with van der Waals surface area (Å²) in [4.78, 5) is 33.6. The zero-order valence-electron chi connectivity index (χ0n) is 17.1. The number of halogens is 1. The van der Waals surface area contributed by atoms with Gasteiger partial charge in [0.2, 0.25) is 5.91 Å². The van der Waals surface area contributed by atoms with Gasteiger partial charge in [0.1, 0.15) is 5.75 Å². The minimum absolute atomic E-state index is 0.0355. The average molecular weight is 459 g/mol. The summed E-state index contributed by atoms with van der Waals surface area (Å²) in [5, 5.41) is 3.95. The second-order valence-electron chi connectivity index (χ2n) is 7.40. The molecule has 2 aromatic carbocycles. The number of amides is 2. The molecule has 9 heteroatoms. The highest BCUT2D eigenvalue weighted by molar-refractivity contribution is 7.22. The maximum Gasteiger partial charge on any atom is 0.253 e. The van der Waals surface area contributed by atoms with Gasteiger partial charge in [-0.3, -0.25) is 9.59 Å². The van der Waals surface area contributed by atoms with Gasteiger partial charge in [-0.25, -0.2) is 4.98 Å². The largest absolute Gasteiger partial charge is 0.493 e. The first-order valence-electron chi connectivity index (χ1n) is 10.0. The first-order valence-corrected chi connectivity index (χ1v) is 11.2. The molecule has 31 heavy (non-hydrogen) atoms. The third-order valence-electron chi connectivity index (χ3n) is 5.08. The van der Waals surface area contributed by atoms with Crippen LogP contribution in [0.15, 0.2) is 42.5 Å². The summed E-state index contributed by atoms with van der Waals surface area (Å²) < 4.78 is 6.42. The summed E-state index contributed by atoms with van der Waals surface area (Å²) >= 11 is 7.20. The van der Waals surface area contributed by atoms with Crippen LogP contribution in [0, 0.1) is 0 Å². The number of nitrogens with zero attached hydrogens (tertiary/aromatic N) is 3. The molecule has 0 bridgehead atoms.